The third-order valence-electron chi connectivity index (χ3n) is 4.68. The molecule has 0 aromatic carbocycles. The largest absolute Gasteiger partial charge is 0.416 e. The number of hydrogen-bond donors (Lipinski definition) is 1. The number of rotatable bonds is 3. The monoisotopic (exact) mass is 273 g/mol. The Kier molecular flexibility index (Phi) is 4.70. The third kappa shape index (κ3) is 3.79. The molecule has 4 heteroatoms. The highest BCUT2D eigenvalue weighted by Gasteiger charge is 2.41. The normalized spacial score (nSPS) is 34.7. The van der Waals surface area contributed by atoms with Gasteiger partial charge in [-0.1, -0.05) is 20.8 Å². The van der Waals surface area contributed by atoms with E-state index in [1.165, 1.54) is 0 Å². The van der Waals surface area contributed by atoms with E-state index in [0.29, 0.717) is 18.6 Å². The van der Waals surface area contributed by atoms with Crippen LogP contribution in [0.2, 0.25) is 18.1 Å². The van der Waals surface area contributed by atoms with Gasteiger partial charge in [0.1, 0.15) is 0 Å². The van der Waals surface area contributed by atoms with Crippen LogP contribution >= 0.6 is 0 Å². The van der Waals surface area contributed by atoms with Crippen LogP contribution in [-0.2, 0) is 9.16 Å². The van der Waals surface area contributed by atoms with Crippen LogP contribution in [0, 0.1) is 5.92 Å². The second kappa shape index (κ2) is 5.23. The average Bonchev–Trinajstić information content (AvgIpc) is 2.18. The van der Waals surface area contributed by atoms with Crippen LogP contribution in [0.4, 0.5) is 0 Å². The zero-order chi connectivity index (χ0) is 14.2. The molecule has 0 bridgehead atoms. The molecule has 3 nitrogen and oxygen atoms in total. The van der Waals surface area contributed by atoms with E-state index in [-0.39, 0.29) is 10.6 Å². The summed E-state index contributed by atoms with van der Waals surface area (Å²) >= 11 is 0. The summed E-state index contributed by atoms with van der Waals surface area (Å²) in [5.41, 5.74) is 6.08. The van der Waals surface area contributed by atoms with Crippen LogP contribution in [0.1, 0.15) is 41.0 Å². The van der Waals surface area contributed by atoms with Crippen LogP contribution in [0.3, 0.4) is 0 Å². The molecule has 0 radical (unpaired) electrons. The minimum Gasteiger partial charge on any atom is -0.416 e. The van der Waals surface area contributed by atoms with Gasteiger partial charge in [0.2, 0.25) is 0 Å². The Morgan fingerprint density at radius 2 is 1.94 bits per heavy atom. The summed E-state index contributed by atoms with van der Waals surface area (Å²) in [6.07, 6.45) is 1.30. The Bertz CT molecular complexity index is 284. The quantitative estimate of drug-likeness (QED) is 0.803. The van der Waals surface area contributed by atoms with Gasteiger partial charge >= 0.3 is 0 Å². The molecule has 0 spiro atoms. The lowest BCUT2D eigenvalue weighted by Crippen LogP contribution is -2.56. The van der Waals surface area contributed by atoms with Crippen molar-refractivity contribution in [2.45, 2.75) is 70.8 Å². The Hall–Kier alpha value is 0.0969. The van der Waals surface area contributed by atoms with Crippen LogP contribution in [0.5, 0.6) is 0 Å². The summed E-state index contributed by atoms with van der Waals surface area (Å²) in [4.78, 5) is 0. The van der Waals surface area contributed by atoms with Crippen molar-refractivity contribution in [2.75, 3.05) is 13.2 Å². The fourth-order valence-electron chi connectivity index (χ4n) is 1.96. The van der Waals surface area contributed by atoms with E-state index in [2.05, 4.69) is 47.7 Å². The predicted octanol–water partition coefficient (Wildman–Crippen LogP) is 3.15. The maximum Gasteiger partial charge on any atom is 0.191 e. The van der Waals surface area contributed by atoms with Gasteiger partial charge in [-0.05, 0) is 38.4 Å². The smallest absolute Gasteiger partial charge is 0.191 e. The van der Waals surface area contributed by atoms with Crippen molar-refractivity contribution in [3.05, 3.63) is 0 Å². The van der Waals surface area contributed by atoms with Crippen LogP contribution in [-0.4, -0.2) is 33.2 Å². The van der Waals surface area contributed by atoms with E-state index in [0.717, 1.165) is 13.0 Å². The summed E-state index contributed by atoms with van der Waals surface area (Å²) in [7, 11) is -1.67. The molecule has 1 heterocycles. The lowest BCUT2D eigenvalue weighted by molar-refractivity contribution is -0.0564. The van der Waals surface area contributed by atoms with Crippen molar-refractivity contribution in [1.29, 1.82) is 0 Å². The molecule has 1 saturated heterocycles. The van der Waals surface area contributed by atoms with Gasteiger partial charge in [0.25, 0.3) is 0 Å². The van der Waals surface area contributed by atoms with Gasteiger partial charge in [0.15, 0.2) is 8.32 Å². The van der Waals surface area contributed by atoms with Gasteiger partial charge in [0.05, 0.1) is 12.7 Å². The van der Waals surface area contributed by atoms with Gasteiger partial charge in [-0.15, -0.1) is 0 Å². The SMILES string of the molecule is C[C@H]1C[C@@H](CO[Si](C)(C)C(C)(C)C)[C@@](C)(N)CO1. The molecule has 108 valence electrons. The van der Waals surface area contributed by atoms with Gasteiger partial charge in [-0.2, -0.15) is 0 Å². The van der Waals surface area contributed by atoms with Gasteiger partial charge < -0.3 is 14.9 Å². The molecule has 2 N–H and O–H groups in total. The first-order valence-electron chi connectivity index (χ1n) is 7.00. The maximum absolute atomic E-state index is 6.33. The average molecular weight is 273 g/mol. The fourth-order valence-corrected chi connectivity index (χ4v) is 3.01. The Morgan fingerprint density at radius 1 is 1.39 bits per heavy atom. The molecule has 0 unspecified atom stereocenters. The van der Waals surface area contributed by atoms with Gasteiger partial charge in [0, 0.05) is 18.1 Å². The number of ether oxygens (including phenoxy) is 1. The molecule has 0 saturated carbocycles. The molecule has 3 atom stereocenters. The first-order chi connectivity index (χ1) is 7.96. The second-order valence-corrected chi connectivity index (χ2v) is 12.4. The van der Waals surface area contributed by atoms with E-state index in [4.69, 9.17) is 14.9 Å². The summed E-state index contributed by atoms with van der Waals surface area (Å²) in [6, 6.07) is 0. The molecule has 18 heavy (non-hydrogen) atoms. The highest BCUT2D eigenvalue weighted by molar-refractivity contribution is 6.74. The van der Waals surface area contributed by atoms with Crippen molar-refractivity contribution < 1.29 is 9.16 Å². The van der Waals surface area contributed by atoms with Gasteiger partial charge in [-0.25, -0.2) is 0 Å². The summed E-state index contributed by atoms with van der Waals surface area (Å²) in [6.45, 7) is 17.0. The lowest BCUT2D eigenvalue weighted by Gasteiger charge is -2.44. The minimum absolute atomic E-state index is 0.255. The van der Waals surface area contributed by atoms with Gasteiger partial charge in [-0.3, -0.25) is 0 Å². The van der Waals surface area contributed by atoms with Crippen LogP contribution < -0.4 is 5.73 Å². The van der Waals surface area contributed by atoms with Crippen molar-refractivity contribution in [2.24, 2.45) is 11.7 Å². The van der Waals surface area contributed by atoms with Crippen LogP contribution in [0.15, 0.2) is 0 Å². The molecule has 1 aliphatic rings. The molecular weight excluding hydrogens is 242 g/mol. The van der Waals surface area contributed by atoms with Crippen molar-refractivity contribution in [1.82, 2.24) is 0 Å². The molecule has 0 aliphatic carbocycles. The lowest BCUT2D eigenvalue weighted by atomic mass is 9.82. The zero-order valence-corrected chi connectivity index (χ0v) is 14.2. The Morgan fingerprint density at radius 3 is 2.44 bits per heavy atom. The number of hydrogen-bond acceptors (Lipinski definition) is 3. The van der Waals surface area contributed by atoms with Crippen molar-refractivity contribution >= 4 is 8.32 Å². The Balaban J connectivity index is 2.61. The molecule has 0 aromatic heterocycles. The van der Waals surface area contributed by atoms with E-state index in [1.54, 1.807) is 0 Å². The fraction of sp³-hybridized carbons (Fsp3) is 1.00. The maximum atomic E-state index is 6.33. The van der Waals surface area contributed by atoms with E-state index in [1.807, 2.05) is 0 Å². The molecular formula is C14H31NO2Si. The van der Waals surface area contributed by atoms with E-state index < -0.39 is 8.32 Å². The molecule has 1 rings (SSSR count). The Labute approximate surface area is 114 Å². The van der Waals surface area contributed by atoms with E-state index >= 15 is 0 Å². The third-order valence-corrected chi connectivity index (χ3v) is 9.18. The second-order valence-electron chi connectivity index (χ2n) is 7.63. The summed E-state index contributed by atoms with van der Waals surface area (Å²) in [5.74, 6) is 0.398. The van der Waals surface area contributed by atoms with Crippen molar-refractivity contribution in [3.8, 4) is 0 Å². The first kappa shape index (κ1) is 16.2. The standard InChI is InChI=1S/C14H31NO2Si/c1-11-8-12(14(5,15)10-16-11)9-17-18(6,7)13(2,3)4/h11-12H,8-10,15H2,1-7H3/t11-,12-,14-/m0/s1. The summed E-state index contributed by atoms with van der Waals surface area (Å²) < 4.78 is 12.0. The summed E-state index contributed by atoms with van der Waals surface area (Å²) in [5, 5.41) is 0.259. The first-order valence-corrected chi connectivity index (χ1v) is 9.91. The van der Waals surface area contributed by atoms with Crippen molar-refractivity contribution in [3.63, 3.8) is 0 Å². The van der Waals surface area contributed by atoms with E-state index in [9.17, 15) is 0 Å². The number of nitrogens with two attached hydrogens (primary N) is 1. The molecule has 1 fully saturated rings. The molecule has 0 amide bonds. The minimum atomic E-state index is -1.67. The highest BCUT2D eigenvalue weighted by atomic mass is 28.4. The topological polar surface area (TPSA) is 44.5 Å². The zero-order valence-electron chi connectivity index (χ0n) is 13.2. The molecule has 0 aromatic rings. The molecule has 1 aliphatic heterocycles. The van der Waals surface area contributed by atoms with Crippen LogP contribution in [0.25, 0.3) is 0 Å². The highest BCUT2D eigenvalue weighted by Crippen LogP contribution is 2.38. The predicted molar refractivity (Wildman–Crippen MR) is 79.3 cm³/mol.